The van der Waals surface area contributed by atoms with Crippen molar-refractivity contribution in [3.8, 4) is 22.8 Å². The Hall–Kier alpha value is -1.70. The highest BCUT2D eigenvalue weighted by atomic mass is 79.9. The molecule has 6 nitrogen and oxygen atoms in total. The smallest absolute Gasteiger partial charge is 0.308 e. The molecule has 25 heavy (non-hydrogen) atoms. The van der Waals surface area contributed by atoms with E-state index in [9.17, 15) is 14.7 Å². The summed E-state index contributed by atoms with van der Waals surface area (Å²) in [6.07, 6.45) is 0.827. The lowest BCUT2D eigenvalue weighted by Crippen LogP contribution is -2.12. The van der Waals surface area contributed by atoms with Gasteiger partial charge in [-0.2, -0.15) is 0 Å². The third kappa shape index (κ3) is 4.90. The van der Waals surface area contributed by atoms with E-state index in [4.69, 9.17) is 32.4 Å². The number of hydrogen-bond acceptors (Lipinski definition) is 5. The monoisotopic (exact) mass is 449 g/mol. The summed E-state index contributed by atoms with van der Waals surface area (Å²) in [5.74, 6) is -2.04. The van der Waals surface area contributed by atoms with E-state index in [1.807, 2.05) is 0 Å². The minimum absolute atomic E-state index is 0.0699. The molecule has 2 rings (SSSR count). The molecule has 0 saturated carbocycles. The van der Waals surface area contributed by atoms with Gasteiger partial charge in [-0.25, -0.2) is 0 Å². The van der Waals surface area contributed by atoms with Gasteiger partial charge in [0, 0.05) is 29.3 Å². The van der Waals surface area contributed by atoms with E-state index in [1.54, 1.807) is 6.07 Å². The zero-order chi connectivity index (χ0) is 18.6. The fourth-order valence-electron chi connectivity index (χ4n) is 2.00. The van der Waals surface area contributed by atoms with Gasteiger partial charge < -0.3 is 14.3 Å². The molecule has 0 bridgehead atoms. The van der Waals surface area contributed by atoms with Crippen LogP contribution in [-0.2, 0) is 9.59 Å². The van der Waals surface area contributed by atoms with Crippen molar-refractivity contribution in [2.24, 2.45) is 0 Å². The Morgan fingerprint density at radius 2 is 2.08 bits per heavy atom. The fraction of sp³-hybridized carbons (Fsp3) is 0.250. The molecule has 1 amide bonds. The number of hydrogen-bond donors (Lipinski definition) is 2. The summed E-state index contributed by atoms with van der Waals surface area (Å²) in [6.45, 7) is 1.16. The number of esters is 1. The van der Waals surface area contributed by atoms with Crippen LogP contribution in [0.2, 0.25) is 10.0 Å². The summed E-state index contributed by atoms with van der Waals surface area (Å²) in [4.78, 5) is 23.2. The molecule has 2 N–H and O–H groups in total. The number of amides is 1. The first kappa shape index (κ1) is 19.6. The van der Waals surface area contributed by atoms with E-state index in [0.717, 1.165) is 6.92 Å². The summed E-state index contributed by atoms with van der Waals surface area (Å²) in [7, 11) is 0. The molecule has 9 heteroatoms. The van der Waals surface area contributed by atoms with Crippen molar-refractivity contribution in [1.29, 1.82) is 0 Å². The molecular weight excluding hydrogens is 437 g/mol. The average Bonchev–Trinajstić information content (AvgIpc) is 2.84. The topological polar surface area (TPSA) is 88.8 Å². The molecule has 0 unspecified atom stereocenters. The average molecular weight is 451 g/mol. The summed E-state index contributed by atoms with van der Waals surface area (Å²) in [5.41, 5.74) is 0.293. The standard InChI is InChI=1S/C16H14BrCl2NO5/c1-8(21)24-15-13(23)14(10-7-9(18)4-5-11(10)19)25-16(15)20-12(22)3-2-6-17/h4-5,7,23H,2-3,6H2,1H3,(H,20,22). The molecular formula is C16H14BrCl2NO5. The van der Waals surface area contributed by atoms with Gasteiger partial charge >= 0.3 is 5.97 Å². The van der Waals surface area contributed by atoms with E-state index < -0.39 is 11.7 Å². The van der Waals surface area contributed by atoms with Crippen LogP contribution < -0.4 is 10.1 Å². The van der Waals surface area contributed by atoms with Crippen LogP contribution in [0.15, 0.2) is 22.6 Å². The number of furan rings is 1. The number of carbonyl (C=O) groups excluding carboxylic acids is 2. The molecule has 1 heterocycles. The van der Waals surface area contributed by atoms with Crippen LogP contribution in [0.1, 0.15) is 19.8 Å². The van der Waals surface area contributed by atoms with Crippen molar-refractivity contribution in [3.05, 3.63) is 28.2 Å². The van der Waals surface area contributed by atoms with Crippen LogP contribution in [0.5, 0.6) is 11.5 Å². The second-order valence-corrected chi connectivity index (χ2v) is 6.63. The van der Waals surface area contributed by atoms with E-state index in [-0.39, 0.29) is 34.7 Å². The molecule has 0 aliphatic rings. The van der Waals surface area contributed by atoms with Crippen LogP contribution in [0.25, 0.3) is 11.3 Å². The van der Waals surface area contributed by atoms with Crippen LogP contribution in [-0.4, -0.2) is 22.3 Å². The lowest BCUT2D eigenvalue weighted by Gasteiger charge is -2.04. The number of ether oxygens (including phenoxy) is 1. The van der Waals surface area contributed by atoms with E-state index in [2.05, 4.69) is 21.2 Å². The van der Waals surface area contributed by atoms with Crippen LogP contribution in [0.3, 0.4) is 0 Å². The van der Waals surface area contributed by atoms with Crippen molar-refractivity contribution >= 4 is 56.9 Å². The molecule has 134 valence electrons. The summed E-state index contributed by atoms with van der Waals surface area (Å²) in [6, 6.07) is 4.58. The SMILES string of the molecule is CC(=O)Oc1c(NC(=O)CCCBr)oc(-c2cc(Cl)ccc2Cl)c1O. The molecule has 0 saturated heterocycles. The van der Waals surface area contributed by atoms with Crippen molar-refractivity contribution in [1.82, 2.24) is 0 Å². The fourth-order valence-corrected chi connectivity index (χ4v) is 2.65. The summed E-state index contributed by atoms with van der Waals surface area (Å²) < 4.78 is 10.5. The molecule has 0 spiro atoms. The normalized spacial score (nSPS) is 10.6. The van der Waals surface area contributed by atoms with Gasteiger partial charge in [0.1, 0.15) is 0 Å². The maximum Gasteiger partial charge on any atom is 0.308 e. The van der Waals surface area contributed by atoms with Crippen LogP contribution in [0.4, 0.5) is 5.88 Å². The zero-order valence-corrected chi connectivity index (χ0v) is 16.2. The van der Waals surface area contributed by atoms with E-state index in [0.29, 0.717) is 22.3 Å². The minimum Gasteiger partial charge on any atom is -0.502 e. The second kappa shape index (κ2) is 8.60. The number of nitrogens with one attached hydrogen (secondary N) is 1. The van der Waals surface area contributed by atoms with Gasteiger partial charge in [-0.15, -0.1) is 0 Å². The minimum atomic E-state index is -0.684. The maximum absolute atomic E-state index is 11.9. The summed E-state index contributed by atoms with van der Waals surface area (Å²) >= 11 is 15.3. The van der Waals surface area contributed by atoms with Crippen molar-refractivity contribution in [3.63, 3.8) is 0 Å². The first-order chi connectivity index (χ1) is 11.8. The maximum atomic E-state index is 11.9. The molecule has 2 aromatic rings. The number of alkyl halides is 1. The Kier molecular flexibility index (Phi) is 6.75. The molecule has 0 aliphatic heterocycles. The van der Waals surface area contributed by atoms with Gasteiger partial charge in [-0.3, -0.25) is 14.9 Å². The van der Waals surface area contributed by atoms with E-state index >= 15 is 0 Å². The van der Waals surface area contributed by atoms with Gasteiger partial charge in [-0.05, 0) is 24.6 Å². The third-order valence-electron chi connectivity index (χ3n) is 3.05. The second-order valence-electron chi connectivity index (χ2n) is 5.00. The van der Waals surface area contributed by atoms with Gasteiger partial charge in [-0.1, -0.05) is 39.1 Å². The highest BCUT2D eigenvalue weighted by Gasteiger charge is 2.26. The van der Waals surface area contributed by atoms with Gasteiger partial charge in [0.2, 0.25) is 23.3 Å². The highest BCUT2D eigenvalue weighted by molar-refractivity contribution is 9.09. The molecule has 0 aliphatic carbocycles. The summed E-state index contributed by atoms with van der Waals surface area (Å²) in [5, 5.41) is 14.1. The Labute approximate surface area is 162 Å². The number of rotatable bonds is 6. The Morgan fingerprint density at radius 3 is 2.72 bits per heavy atom. The third-order valence-corrected chi connectivity index (χ3v) is 4.18. The molecule has 0 radical (unpaired) electrons. The molecule has 0 fully saturated rings. The van der Waals surface area contributed by atoms with Gasteiger partial charge in [0.15, 0.2) is 5.76 Å². The van der Waals surface area contributed by atoms with Crippen molar-refractivity contribution in [2.45, 2.75) is 19.8 Å². The lowest BCUT2D eigenvalue weighted by atomic mass is 10.1. The largest absolute Gasteiger partial charge is 0.502 e. The van der Waals surface area contributed by atoms with Gasteiger partial charge in [0.05, 0.1) is 5.02 Å². The lowest BCUT2D eigenvalue weighted by molar-refractivity contribution is -0.132. The van der Waals surface area contributed by atoms with Crippen molar-refractivity contribution < 1.29 is 23.8 Å². The van der Waals surface area contributed by atoms with Crippen LogP contribution in [0, 0.1) is 0 Å². The predicted molar refractivity (Wildman–Crippen MR) is 98.8 cm³/mol. The number of benzene rings is 1. The predicted octanol–water partition coefficient (Wildman–Crippen LogP) is 5.00. The Balaban J connectivity index is 2.46. The van der Waals surface area contributed by atoms with Crippen molar-refractivity contribution in [2.75, 3.05) is 10.6 Å². The first-order valence-corrected chi connectivity index (χ1v) is 9.06. The molecule has 1 aromatic heterocycles. The first-order valence-electron chi connectivity index (χ1n) is 7.19. The van der Waals surface area contributed by atoms with Gasteiger partial charge in [0.25, 0.3) is 0 Å². The van der Waals surface area contributed by atoms with Crippen LogP contribution >= 0.6 is 39.1 Å². The highest BCUT2D eigenvalue weighted by Crippen LogP contribution is 2.48. The quantitative estimate of drug-likeness (QED) is 0.477. The Bertz CT molecular complexity index is 806. The number of halogens is 3. The molecule has 1 aromatic carbocycles. The zero-order valence-electron chi connectivity index (χ0n) is 13.1. The number of carbonyl (C=O) groups is 2. The number of aromatic hydroxyl groups is 1. The van der Waals surface area contributed by atoms with E-state index in [1.165, 1.54) is 12.1 Å². The number of anilines is 1. The molecule has 0 atom stereocenters. The Morgan fingerprint density at radius 1 is 1.36 bits per heavy atom.